The summed E-state index contributed by atoms with van der Waals surface area (Å²) >= 11 is 0. The lowest BCUT2D eigenvalue weighted by molar-refractivity contribution is 0.606. The molecule has 0 aliphatic heterocycles. The van der Waals surface area contributed by atoms with Gasteiger partial charge in [-0.15, -0.1) is 0 Å². The molecule has 8 heteroatoms. The quantitative estimate of drug-likeness (QED) is 0.115. The number of fused-ring (bicyclic) bond motifs is 21. The lowest BCUT2D eigenvalue weighted by atomic mass is 9.79. The highest BCUT2D eigenvalue weighted by Gasteiger charge is 2.41. The number of rotatable bonds is 13. The second-order valence-corrected chi connectivity index (χ2v) is 38.9. The van der Waals surface area contributed by atoms with Gasteiger partial charge in [-0.2, -0.15) is 5.26 Å². The second kappa shape index (κ2) is 30.6. The van der Waals surface area contributed by atoms with Crippen LogP contribution in [0.2, 0.25) is 0 Å². The van der Waals surface area contributed by atoms with E-state index in [0.717, 1.165) is 178 Å². The zero-order valence-corrected chi connectivity index (χ0v) is 77.0. The molecule has 3 aliphatic carbocycles. The smallest absolute Gasteiger partial charge is 0.235 e. The molecule has 0 spiro atoms. The van der Waals surface area contributed by atoms with Crippen molar-refractivity contribution in [2.45, 2.75) is 51.0 Å². The van der Waals surface area contributed by atoms with E-state index >= 15 is 0 Å². The molecule has 28 rings (SSSR count). The van der Waals surface area contributed by atoms with Gasteiger partial charge in [0, 0.05) is 104 Å². The molecule has 0 amide bonds. The van der Waals surface area contributed by atoms with Gasteiger partial charge < -0.3 is 18.3 Å². The summed E-state index contributed by atoms with van der Waals surface area (Å²) in [5.74, 6) is 0.543. The van der Waals surface area contributed by atoms with Gasteiger partial charge in [-0.25, -0.2) is 9.97 Å². The Morgan fingerprint density at radius 3 is 1.15 bits per heavy atom. The lowest BCUT2D eigenvalue weighted by Crippen LogP contribution is -2.18. The molecule has 0 bridgehead atoms. The third-order valence-corrected chi connectivity index (χ3v) is 30.7. The van der Waals surface area contributed by atoms with Crippen molar-refractivity contribution in [1.82, 2.24) is 32.8 Å². The van der Waals surface area contributed by atoms with Gasteiger partial charge >= 0.3 is 0 Å². The average molecular weight is 1770 g/mol. The van der Waals surface area contributed by atoms with Crippen molar-refractivity contribution < 1.29 is 0 Å². The summed E-state index contributed by atoms with van der Waals surface area (Å²) in [4.78, 5) is 12.0. The molecule has 25 aromatic rings. The van der Waals surface area contributed by atoms with Crippen LogP contribution in [0.15, 0.2) is 448 Å². The Morgan fingerprint density at radius 1 is 0.259 bits per heavy atom. The van der Waals surface area contributed by atoms with Crippen LogP contribution in [0.3, 0.4) is 0 Å². The van der Waals surface area contributed by atoms with Crippen molar-refractivity contribution in [2.24, 2.45) is 0 Å². The SMILES string of the molecule is CC1(C)C2=CC(n3c4ccccc4c4cc(-c5ccc6c(c5)c5cc(-c7ccc8c(c7)c7ccccc7n8-c7ccc8c(c7)C(C)(C)c7ccccc7-8)ccc5n6-c5nc(-c6cccc(-n7c8ccccc8c8cc(-c9ccc%10c(c9)c9ccccc9n%10-c9ccc(C#N)cc9)ccc87)c6)cc(-c6cc(-c7ccccc7)c(-c7ccccc7)c(-c7ccccc7)c6)n5)ccc43)CC=C2c2ccccc21. The summed E-state index contributed by atoms with van der Waals surface area (Å²) < 4.78 is 12.2. The first kappa shape index (κ1) is 79.8. The van der Waals surface area contributed by atoms with Crippen molar-refractivity contribution in [1.29, 1.82) is 5.26 Å². The molecule has 6 heterocycles. The number of allylic oxidation sites excluding steroid dienone is 4. The van der Waals surface area contributed by atoms with E-state index in [0.29, 0.717) is 11.5 Å². The number of nitrogens with zero attached hydrogens (tertiary/aromatic N) is 8. The summed E-state index contributed by atoms with van der Waals surface area (Å²) in [7, 11) is 0. The molecule has 652 valence electrons. The van der Waals surface area contributed by atoms with Crippen LogP contribution in [0.4, 0.5) is 0 Å². The van der Waals surface area contributed by atoms with Crippen LogP contribution < -0.4 is 0 Å². The van der Waals surface area contributed by atoms with Crippen LogP contribution >= 0.6 is 0 Å². The molecule has 0 saturated carbocycles. The highest BCUT2D eigenvalue weighted by atomic mass is 15.2. The van der Waals surface area contributed by atoms with Gasteiger partial charge in [-0.05, 0) is 282 Å². The maximum atomic E-state index is 9.75. The fraction of sp³-hybridized carbons (Fsp3) is 0.0611. The van der Waals surface area contributed by atoms with Crippen molar-refractivity contribution >= 4 is 115 Å². The third kappa shape index (κ3) is 12.3. The van der Waals surface area contributed by atoms with E-state index in [4.69, 9.17) is 9.97 Å². The molecule has 8 nitrogen and oxygen atoms in total. The Morgan fingerprint density at radius 2 is 0.633 bits per heavy atom. The number of hydrogen-bond donors (Lipinski definition) is 0. The summed E-state index contributed by atoms with van der Waals surface area (Å²) in [6.07, 6.45) is 5.99. The number of para-hydroxylation sites is 4. The van der Waals surface area contributed by atoms with Crippen LogP contribution in [0.25, 0.3) is 238 Å². The first-order valence-corrected chi connectivity index (χ1v) is 48.2. The fourth-order valence-electron chi connectivity index (χ4n) is 24.1. The van der Waals surface area contributed by atoms with Crippen molar-refractivity contribution in [2.75, 3.05) is 0 Å². The number of hydrogen-bond acceptors (Lipinski definition) is 3. The van der Waals surface area contributed by atoms with Crippen LogP contribution in [0, 0.1) is 11.3 Å². The van der Waals surface area contributed by atoms with Gasteiger partial charge in [0.05, 0.1) is 73.2 Å². The van der Waals surface area contributed by atoms with Crippen molar-refractivity contribution in [3.63, 3.8) is 0 Å². The molecular formula is C131H88N8. The Kier molecular flexibility index (Phi) is 17.6. The van der Waals surface area contributed by atoms with Crippen LogP contribution in [0.1, 0.15) is 68.0 Å². The number of aromatic nitrogens is 7. The summed E-state index contributed by atoms with van der Waals surface area (Å²) in [5.41, 5.74) is 42.3. The van der Waals surface area contributed by atoms with E-state index in [2.05, 4.69) is 475 Å². The molecule has 0 saturated heterocycles. The monoisotopic (exact) mass is 1770 g/mol. The molecule has 19 aromatic carbocycles. The zero-order chi connectivity index (χ0) is 92.2. The average Bonchev–Trinajstić information content (AvgIpc) is 1.56. The molecule has 6 aromatic heterocycles. The highest BCUT2D eigenvalue weighted by molar-refractivity contribution is 6.17. The van der Waals surface area contributed by atoms with Crippen LogP contribution in [-0.2, 0) is 10.8 Å². The second-order valence-electron chi connectivity index (χ2n) is 38.9. The maximum absolute atomic E-state index is 9.75. The third-order valence-electron chi connectivity index (χ3n) is 30.7. The Hall–Kier alpha value is -17.8. The van der Waals surface area contributed by atoms with Gasteiger partial charge in [0.2, 0.25) is 5.95 Å². The fourth-order valence-corrected chi connectivity index (χ4v) is 24.1. The van der Waals surface area contributed by atoms with E-state index in [1.165, 1.54) is 88.0 Å². The molecule has 139 heavy (non-hydrogen) atoms. The molecule has 3 aliphatic rings. The first-order chi connectivity index (χ1) is 68.4. The minimum Gasteiger partial charge on any atom is -0.333 e. The van der Waals surface area contributed by atoms with E-state index in [1.54, 1.807) is 0 Å². The largest absolute Gasteiger partial charge is 0.333 e. The summed E-state index contributed by atoms with van der Waals surface area (Å²) in [6.45, 7) is 9.53. The van der Waals surface area contributed by atoms with Gasteiger partial charge in [0.25, 0.3) is 0 Å². The van der Waals surface area contributed by atoms with Gasteiger partial charge in [0.15, 0.2) is 0 Å². The maximum Gasteiger partial charge on any atom is 0.235 e. The number of benzene rings is 19. The topological polar surface area (TPSA) is 74.2 Å². The van der Waals surface area contributed by atoms with Gasteiger partial charge in [-0.1, -0.05) is 307 Å². The molecule has 1 unspecified atom stereocenters. The standard InChI is InChI=1S/C131H88N8/c1-130(2)112-41-20-14-35-96(112)98-59-57-94(76-114(98)130)137-120-45-24-18-39-102(120)108-70-86(51-63-124(108)137)88-53-65-126-110(72-88)111-73-89(87-52-64-125-109(71-87)103-40-19-25-46-121(103)138(125)95-58-60-99-97-36-15-21-42-113(97)131(3,4)115(99)77-95)54-66-127(111)139(126)129-133-116(78-117(134-129)91-74-104(81-27-8-5-9-28-81)128(83-31-12-7-13-32-83)105(75-91)82-29-10-6-11-30-82)90-33-26-34-93(67-90)136-119-44-23-17-38-101(119)107-69-85(50-62-123(107)136)84-49-61-122-106(68-84)100-37-16-22-43-118(100)135(122)92-55-47-80(79-132)48-56-92/h5-57,59-78,95H,58H2,1-4H3. The first-order valence-electron chi connectivity index (χ1n) is 48.2. The summed E-state index contributed by atoms with van der Waals surface area (Å²) in [6, 6.07) is 161. The van der Waals surface area contributed by atoms with Gasteiger partial charge in [-0.3, -0.25) is 4.57 Å². The Balaban J connectivity index is 0.641. The Labute approximate surface area is 803 Å². The normalized spacial score (nSPS) is 14.1. The molecule has 0 radical (unpaired) electrons. The minimum atomic E-state index is -0.160. The van der Waals surface area contributed by atoms with Crippen LogP contribution in [0.5, 0.6) is 0 Å². The van der Waals surface area contributed by atoms with E-state index in [-0.39, 0.29) is 16.9 Å². The zero-order valence-electron chi connectivity index (χ0n) is 77.0. The minimum absolute atomic E-state index is 0.121. The van der Waals surface area contributed by atoms with Crippen molar-refractivity contribution in [3.8, 4) is 129 Å². The molecule has 0 fully saturated rings. The number of nitriles is 1. The van der Waals surface area contributed by atoms with Crippen molar-refractivity contribution in [3.05, 3.63) is 476 Å². The lowest BCUT2D eigenvalue weighted by Gasteiger charge is -2.28. The highest BCUT2D eigenvalue weighted by Crippen LogP contribution is 2.56. The van der Waals surface area contributed by atoms with Crippen LogP contribution in [-0.4, -0.2) is 32.8 Å². The van der Waals surface area contributed by atoms with E-state index in [1.807, 2.05) is 24.3 Å². The Bertz CT molecular complexity index is 9610. The molecular weight excluding hydrogens is 1690 g/mol. The van der Waals surface area contributed by atoms with Gasteiger partial charge in [0.1, 0.15) is 0 Å². The van der Waals surface area contributed by atoms with E-state index in [9.17, 15) is 5.26 Å². The predicted octanol–water partition coefficient (Wildman–Crippen LogP) is 33.7. The summed E-state index contributed by atoms with van der Waals surface area (Å²) in [5, 5.41) is 21.4. The van der Waals surface area contributed by atoms with E-state index < -0.39 is 0 Å². The molecule has 1 atom stereocenters. The molecule has 0 N–H and O–H groups in total. The predicted molar refractivity (Wildman–Crippen MR) is 577 cm³/mol.